The molecule has 0 aliphatic carbocycles. The van der Waals surface area contributed by atoms with Crippen LogP contribution in [0.15, 0.2) is 30.3 Å². The molecule has 0 radical (unpaired) electrons. The van der Waals surface area contributed by atoms with Crippen molar-refractivity contribution in [2.75, 3.05) is 26.2 Å². The third-order valence-corrected chi connectivity index (χ3v) is 6.28. The standard InChI is InChI=1S/C23H32N4O/c1-18-15-22(25(2)24-18)23(28)27-13-9-20(10-14-27)16-19-5-7-21(8-6-19)17-26-11-3-4-12-26/h5-8,15,20H,3-4,9-14,16-17H2,1-2H3. The number of aryl methyl sites for hydroxylation is 2. The van der Waals surface area contributed by atoms with E-state index < -0.39 is 0 Å². The number of rotatable bonds is 5. The van der Waals surface area contributed by atoms with E-state index in [1.165, 1.54) is 37.1 Å². The van der Waals surface area contributed by atoms with Crippen LogP contribution in [0.2, 0.25) is 0 Å². The first-order chi connectivity index (χ1) is 13.6. The van der Waals surface area contributed by atoms with Crippen molar-refractivity contribution in [2.24, 2.45) is 13.0 Å². The van der Waals surface area contributed by atoms with E-state index >= 15 is 0 Å². The van der Waals surface area contributed by atoms with Crippen molar-refractivity contribution in [1.82, 2.24) is 19.6 Å². The first-order valence-electron chi connectivity index (χ1n) is 10.7. The molecule has 2 aromatic rings. The lowest BCUT2D eigenvalue weighted by Crippen LogP contribution is -2.39. The van der Waals surface area contributed by atoms with E-state index in [2.05, 4.69) is 34.3 Å². The third-order valence-electron chi connectivity index (χ3n) is 6.28. The van der Waals surface area contributed by atoms with Gasteiger partial charge in [0.05, 0.1) is 5.69 Å². The van der Waals surface area contributed by atoms with Crippen LogP contribution >= 0.6 is 0 Å². The lowest BCUT2D eigenvalue weighted by Gasteiger charge is -2.32. The van der Waals surface area contributed by atoms with Gasteiger partial charge in [-0.25, -0.2) is 0 Å². The van der Waals surface area contributed by atoms with E-state index in [4.69, 9.17) is 0 Å². The quantitative estimate of drug-likeness (QED) is 0.798. The molecule has 0 bridgehead atoms. The maximum Gasteiger partial charge on any atom is 0.272 e. The van der Waals surface area contributed by atoms with Crippen LogP contribution in [0.3, 0.4) is 0 Å². The van der Waals surface area contributed by atoms with Crippen molar-refractivity contribution in [3.05, 3.63) is 52.8 Å². The van der Waals surface area contributed by atoms with Crippen LogP contribution in [0.1, 0.15) is 53.0 Å². The van der Waals surface area contributed by atoms with Crippen molar-refractivity contribution in [3.63, 3.8) is 0 Å². The van der Waals surface area contributed by atoms with Gasteiger partial charge in [0, 0.05) is 26.7 Å². The molecular formula is C23H32N4O. The monoisotopic (exact) mass is 380 g/mol. The predicted octanol–water partition coefficient (Wildman–Crippen LogP) is 3.42. The Balaban J connectivity index is 1.27. The Bertz CT molecular complexity index is 797. The molecule has 3 heterocycles. The van der Waals surface area contributed by atoms with Crippen molar-refractivity contribution < 1.29 is 4.79 Å². The number of carbonyl (C=O) groups excluding carboxylic acids is 1. The summed E-state index contributed by atoms with van der Waals surface area (Å²) in [7, 11) is 1.85. The number of hydrogen-bond donors (Lipinski definition) is 0. The fourth-order valence-corrected chi connectivity index (χ4v) is 4.63. The Kier molecular flexibility index (Phi) is 5.81. The molecule has 0 saturated carbocycles. The van der Waals surface area contributed by atoms with E-state index in [0.717, 1.165) is 44.6 Å². The summed E-state index contributed by atoms with van der Waals surface area (Å²) in [4.78, 5) is 17.3. The lowest BCUT2D eigenvalue weighted by atomic mass is 9.90. The molecule has 0 N–H and O–H groups in total. The summed E-state index contributed by atoms with van der Waals surface area (Å²) in [5.74, 6) is 0.787. The van der Waals surface area contributed by atoms with Crippen molar-refractivity contribution >= 4 is 5.91 Å². The zero-order chi connectivity index (χ0) is 19.5. The Labute approximate surface area is 168 Å². The van der Waals surface area contributed by atoms with Gasteiger partial charge < -0.3 is 4.90 Å². The minimum absolute atomic E-state index is 0.118. The number of amides is 1. The molecule has 5 heteroatoms. The van der Waals surface area contributed by atoms with Gasteiger partial charge >= 0.3 is 0 Å². The Morgan fingerprint density at radius 2 is 1.68 bits per heavy atom. The van der Waals surface area contributed by atoms with Gasteiger partial charge in [-0.2, -0.15) is 5.10 Å². The summed E-state index contributed by atoms with van der Waals surface area (Å²) in [5.41, 5.74) is 4.45. The SMILES string of the molecule is Cc1cc(C(=O)N2CCC(Cc3ccc(CN4CCCC4)cc3)CC2)n(C)n1. The zero-order valence-electron chi connectivity index (χ0n) is 17.2. The molecule has 4 rings (SSSR count). The maximum absolute atomic E-state index is 12.7. The number of piperidine rings is 1. The minimum atomic E-state index is 0.118. The fraction of sp³-hybridized carbons (Fsp3) is 0.565. The molecule has 2 aliphatic rings. The van der Waals surface area contributed by atoms with Gasteiger partial charge in [0.25, 0.3) is 5.91 Å². The number of nitrogens with zero attached hydrogens (tertiary/aromatic N) is 4. The van der Waals surface area contributed by atoms with Crippen molar-refractivity contribution in [2.45, 2.75) is 45.6 Å². The molecular weight excluding hydrogens is 348 g/mol. The highest BCUT2D eigenvalue weighted by atomic mass is 16.2. The van der Waals surface area contributed by atoms with Gasteiger partial charge in [-0.1, -0.05) is 24.3 Å². The molecule has 2 fully saturated rings. The summed E-state index contributed by atoms with van der Waals surface area (Å²) >= 11 is 0. The van der Waals surface area contributed by atoms with E-state index in [-0.39, 0.29) is 5.91 Å². The number of carbonyl (C=O) groups is 1. The first kappa shape index (κ1) is 19.2. The predicted molar refractivity (Wildman–Crippen MR) is 111 cm³/mol. The second-order valence-electron chi connectivity index (χ2n) is 8.53. The normalized spacial score (nSPS) is 18.7. The van der Waals surface area contributed by atoms with Crippen LogP contribution in [0, 0.1) is 12.8 Å². The summed E-state index contributed by atoms with van der Waals surface area (Å²) in [6.45, 7) is 7.21. The summed E-state index contributed by atoms with van der Waals surface area (Å²) in [5, 5.41) is 4.30. The molecule has 0 unspecified atom stereocenters. The van der Waals surface area contributed by atoms with Gasteiger partial charge in [-0.3, -0.25) is 14.4 Å². The first-order valence-corrected chi connectivity index (χ1v) is 10.7. The molecule has 5 nitrogen and oxygen atoms in total. The van der Waals surface area contributed by atoms with Crippen LogP contribution in [-0.4, -0.2) is 51.7 Å². The molecule has 0 atom stereocenters. The van der Waals surface area contributed by atoms with Gasteiger partial charge in [0.15, 0.2) is 0 Å². The molecule has 1 amide bonds. The van der Waals surface area contributed by atoms with E-state index in [1.54, 1.807) is 4.68 Å². The second kappa shape index (κ2) is 8.48. The zero-order valence-corrected chi connectivity index (χ0v) is 17.2. The molecule has 0 spiro atoms. The number of likely N-dealkylation sites (tertiary alicyclic amines) is 2. The van der Waals surface area contributed by atoms with Crippen LogP contribution in [0.5, 0.6) is 0 Å². The van der Waals surface area contributed by atoms with Gasteiger partial charge in [0.1, 0.15) is 5.69 Å². The average Bonchev–Trinajstić information content (AvgIpc) is 3.32. The van der Waals surface area contributed by atoms with E-state index in [9.17, 15) is 4.79 Å². The molecule has 2 aliphatic heterocycles. The summed E-state index contributed by atoms with van der Waals surface area (Å²) in [6.07, 6.45) is 5.98. The Hall–Kier alpha value is -2.14. The largest absolute Gasteiger partial charge is 0.337 e. The number of benzene rings is 1. The Morgan fingerprint density at radius 3 is 2.29 bits per heavy atom. The highest BCUT2D eigenvalue weighted by Crippen LogP contribution is 2.23. The lowest BCUT2D eigenvalue weighted by molar-refractivity contribution is 0.0679. The van der Waals surface area contributed by atoms with Crippen LogP contribution in [0.25, 0.3) is 0 Å². The van der Waals surface area contributed by atoms with E-state index in [1.807, 2.05) is 24.9 Å². The molecule has 150 valence electrons. The van der Waals surface area contributed by atoms with Gasteiger partial charge in [-0.05, 0) is 75.2 Å². The van der Waals surface area contributed by atoms with Gasteiger partial charge in [0.2, 0.25) is 0 Å². The van der Waals surface area contributed by atoms with Crippen LogP contribution in [-0.2, 0) is 20.0 Å². The van der Waals surface area contributed by atoms with Crippen molar-refractivity contribution in [1.29, 1.82) is 0 Å². The number of aromatic nitrogens is 2. The van der Waals surface area contributed by atoms with Crippen molar-refractivity contribution in [3.8, 4) is 0 Å². The number of hydrogen-bond acceptors (Lipinski definition) is 3. The third kappa shape index (κ3) is 4.46. The molecule has 2 saturated heterocycles. The van der Waals surface area contributed by atoms with Crippen LogP contribution in [0.4, 0.5) is 0 Å². The summed E-state index contributed by atoms with van der Waals surface area (Å²) in [6, 6.07) is 11.1. The van der Waals surface area contributed by atoms with Gasteiger partial charge in [-0.15, -0.1) is 0 Å². The molecule has 1 aromatic carbocycles. The topological polar surface area (TPSA) is 41.4 Å². The highest BCUT2D eigenvalue weighted by Gasteiger charge is 2.25. The molecule has 28 heavy (non-hydrogen) atoms. The maximum atomic E-state index is 12.7. The highest BCUT2D eigenvalue weighted by molar-refractivity contribution is 5.92. The fourth-order valence-electron chi connectivity index (χ4n) is 4.63. The minimum Gasteiger partial charge on any atom is -0.337 e. The second-order valence-corrected chi connectivity index (χ2v) is 8.53. The average molecular weight is 381 g/mol. The van der Waals surface area contributed by atoms with Crippen LogP contribution < -0.4 is 0 Å². The molecule has 1 aromatic heterocycles. The summed E-state index contributed by atoms with van der Waals surface area (Å²) < 4.78 is 1.70. The Morgan fingerprint density at radius 1 is 1.04 bits per heavy atom. The smallest absolute Gasteiger partial charge is 0.272 e. The van der Waals surface area contributed by atoms with E-state index in [0.29, 0.717) is 11.6 Å².